The van der Waals surface area contributed by atoms with E-state index in [1.165, 1.54) is 12.1 Å². The van der Waals surface area contributed by atoms with Gasteiger partial charge in [0.2, 0.25) is 0 Å². The first kappa shape index (κ1) is 11.3. The molecule has 1 aliphatic carbocycles. The van der Waals surface area contributed by atoms with Crippen LogP contribution in [-0.2, 0) is 4.74 Å². The van der Waals surface area contributed by atoms with Crippen molar-refractivity contribution >= 4 is 5.78 Å². The summed E-state index contributed by atoms with van der Waals surface area (Å²) in [5.41, 5.74) is 0.146. The van der Waals surface area contributed by atoms with E-state index in [4.69, 9.17) is 4.74 Å². The number of Topliss-reactive ketones (excluding diaryl/α,β-unsaturated/α-hetero) is 1. The third-order valence-corrected chi connectivity index (χ3v) is 2.79. The number of carbonyl (C=O) groups is 1. The van der Waals surface area contributed by atoms with Crippen LogP contribution in [0.5, 0.6) is 0 Å². The van der Waals surface area contributed by atoms with Gasteiger partial charge in [0.25, 0.3) is 0 Å². The molecule has 16 heavy (non-hydrogen) atoms. The molecule has 0 aromatic heterocycles. The fourth-order valence-corrected chi connectivity index (χ4v) is 1.82. The summed E-state index contributed by atoms with van der Waals surface area (Å²) in [4.78, 5) is 12.1. The number of ether oxygens (including phenoxy) is 1. The molecule has 0 radical (unpaired) electrons. The van der Waals surface area contributed by atoms with Crippen LogP contribution in [0.25, 0.3) is 0 Å². The van der Waals surface area contributed by atoms with Gasteiger partial charge in [-0.05, 0) is 37.8 Å². The Bertz CT molecular complexity index is 385. The zero-order valence-electron chi connectivity index (χ0n) is 9.28. The summed E-state index contributed by atoms with van der Waals surface area (Å²) >= 11 is 0. The van der Waals surface area contributed by atoms with Crippen molar-refractivity contribution in [3.05, 3.63) is 35.6 Å². The molecule has 1 aliphatic rings. The number of ketones is 1. The van der Waals surface area contributed by atoms with Crippen molar-refractivity contribution in [2.24, 2.45) is 5.92 Å². The van der Waals surface area contributed by atoms with Gasteiger partial charge in [0.15, 0.2) is 5.78 Å². The van der Waals surface area contributed by atoms with Crippen molar-refractivity contribution < 1.29 is 13.9 Å². The van der Waals surface area contributed by atoms with Crippen LogP contribution >= 0.6 is 0 Å². The van der Waals surface area contributed by atoms with E-state index in [2.05, 4.69) is 0 Å². The minimum atomic E-state index is -0.460. The second kappa shape index (κ2) is 4.74. The van der Waals surface area contributed by atoms with Crippen LogP contribution in [0.1, 0.15) is 30.1 Å². The van der Waals surface area contributed by atoms with Crippen LogP contribution < -0.4 is 0 Å². The predicted molar refractivity (Wildman–Crippen MR) is 58.9 cm³/mol. The number of carbonyl (C=O) groups excluding carboxylic acids is 1. The first-order chi connectivity index (χ1) is 7.74. The largest absolute Gasteiger partial charge is 0.370 e. The predicted octanol–water partition coefficient (Wildman–Crippen LogP) is 2.82. The maximum absolute atomic E-state index is 13.4. The molecule has 0 bridgehead atoms. The van der Waals surface area contributed by atoms with Crippen molar-refractivity contribution in [1.82, 2.24) is 0 Å². The SMILES string of the molecule is CCOC(C(=O)c1ccccc1F)C1CC1. The molecule has 1 aromatic carbocycles. The van der Waals surface area contributed by atoms with Gasteiger partial charge in [0.1, 0.15) is 11.9 Å². The highest BCUT2D eigenvalue weighted by atomic mass is 19.1. The molecule has 0 heterocycles. The Labute approximate surface area is 94.4 Å². The van der Waals surface area contributed by atoms with Crippen molar-refractivity contribution in [2.75, 3.05) is 6.61 Å². The van der Waals surface area contributed by atoms with E-state index in [1.54, 1.807) is 12.1 Å². The molecule has 1 fully saturated rings. The molecule has 1 saturated carbocycles. The molecule has 86 valence electrons. The maximum Gasteiger partial charge on any atom is 0.194 e. The highest BCUT2D eigenvalue weighted by Crippen LogP contribution is 2.36. The van der Waals surface area contributed by atoms with Gasteiger partial charge < -0.3 is 4.74 Å². The number of hydrogen-bond acceptors (Lipinski definition) is 2. The van der Waals surface area contributed by atoms with E-state index < -0.39 is 11.9 Å². The van der Waals surface area contributed by atoms with Crippen LogP contribution in [0, 0.1) is 11.7 Å². The molecule has 0 N–H and O–H groups in total. The lowest BCUT2D eigenvalue weighted by molar-refractivity contribution is 0.0371. The number of rotatable bonds is 5. The molecular weight excluding hydrogens is 207 g/mol. The molecule has 2 rings (SSSR count). The van der Waals surface area contributed by atoms with E-state index in [9.17, 15) is 9.18 Å². The average molecular weight is 222 g/mol. The second-order valence-electron chi connectivity index (χ2n) is 4.06. The summed E-state index contributed by atoms with van der Waals surface area (Å²) in [7, 11) is 0. The third kappa shape index (κ3) is 2.30. The van der Waals surface area contributed by atoms with Gasteiger partial charge >= 0.3 is 0 Å². The number of halogens is 1. The van der Waals surface area contributed by atoms with Crippen molar-refractivity contribution in [1.29, 1.82) is 0 Å². The van der Waals surface area contributed by atoms with Crippen LogP contribution in [0.3, 0.4) is 0 Å². The Balaban J connectivity index is 2.19. The highest BCUT2D eigenvalue weighted by Gasteiger charge is 2.37. The molecule has 1 unspecified atom stereocenters. The molecule has 3 heteroatoms. The molecule has 0 saturated heterocycles. The van der Waals surface area contributed by atoms with Gasteiger partial charge in [-0.2, -0.15) is 0 Å². The molecule has 0 amide bonds. The standard InChI is InChI=1S/C13H15FO2/c1-2-16-13(9-7-8-9)12(15)10-5-3-4-6-11(10)14/h3-6,9,13H,2,7-8H2,1H3. The lowest BCUT2D eigenvalue weighted by Crippen LogP contribution is -2.27. The van der Waals surface area contributed by atoms with Gasteiger partial charge in [-0.1, -0.05) is 12.1 Å². The Morgan fingerprint density at radius 2 is 2.19 bits per heavy atom. The van der Waals surface area contributed by atoms with Crippen molar-refractivity contribution in [2.45, 2.75) is 25.9 Å². The smallest absolute Gasteiger partial charge is 0.194 e. The van der Waals surface area contributed by atoms with E-state index in [0.29, 0.717) is 6.61 Å². The number of benzene rings is 1. The van der Waals surface area contributed by atoms with E-state index in [0.717, 1.165) is 12.8 Å². The third-order valence-electron chi connectivity index (χ3n) is 2.79. The van der Waals surface area contributed by atoms with Gasteiger partial charge in [0, 0.05) is 6.61 Å². The monoisotopic (exact) mass is 222 g/mol. The van der Waals surface area contributed by atoms with Crippen LogP contribution in [0.2, 0.25) is 0 Å². The fourth-order valence-electron chi connectivity index (χ4n) is 1.82. The summed E-state index contributed by atoms with van der Waals surface area (Å²) in [6.07, 6.45) is 1.55. The Morgan fingerprint density at radius 1 is 1.50 bits per heavy atom. The summed E-state index contributed by atoms with van der Waals surface area (Å²) < 4.78 is 18.9. The molecule has 1 atom stereocenters. The first-order valence-electron chi connectivity index (χ1n) is 5.64. The molecule has 1 aromatic rings. The fraction of sp³-hybridized carbons (Fsp3) is 0.462. The van der Waals surface area contributed by atoms with Gasteiger partial charge in [0.05, 0.1) is 5.56 Å². The Hall–Kier alpha value is -1.22. The van der Waals surface area contributed by atoms with Gasteiger partial charge in [-0.25, -0.2) is 4.39 Å². The van der Waals surface area contributed by atoms with E-state index >= 15 is 0 Å². The highest BCUT2D eigenvalue weighted by molar-refractivity contribution is 6.00. The minimum Gasteiger partial charge on any atom is -0.370 e. The summed E-state index contributed by atoms with van der Waals surface area (Å²) in [6, 6.07) is 6.08. The Kier molecular flexibility index (Phi) is 3.34. The minimum absolute atomic E-state index is 0.146. The first-order valence-corrected chi connectivity index (χ1v) is 5.64. The zero-order chi connectivity index (χ0) is 11.5. The lowest BCUT2D eigenvalue weighted by atomic mass is 10.0. The van der Waals surface area contributed by atoms with Gasteiger partial charge in [-0.15, -0.1) is 0 Å². The summed E-state index contributed by atoms with van der Waals surface area (Å²) in [5.74, 6) is -0.396. The second-order valence-corrected chi connectivity index (χ2v) is 4.06. The van der Waals surface area contributed by atoms with Crippen molar-refractivity contribution in [3.63, 3.8) is 0 Å². The maximum atomic E-state index is 13.4. The van der Waals surface area contributed by atoms with Gasteiger partial charge in [-0.3, -0.25) is 4.79 Å². The molecule has 2 nitrogen and oxygen atoms in total. The number of hydrogen-bond donors (Lipinski definition) is 0. The topological polar surface area (TPSA) is 26.3 Å². The summed E-state index contributed by atoms with van der Waals surface area (Å²) in [5, 5.41) is 0. The average Bonchev–Trinajstić information content (AvgIpc) is 3.09. The van der Waals surface area contributed by atoms with Crippen LogP contribution in [-0.4, -0.2) is 18.5 Å². The Morgan fingerprint density at radius 3 is 2.75 bits per heavy atom. The summed E-state index contributed by atoms with van der Waals surface area (Å²) in [6.45, 7) is 2.34. The van der Waals surface area contributed by atoms with Crippen LogP contribution in [0.4, 0.5) is 4.39 Å². The molecule has 0 spiro atoms. The van der Waals surface area contributed by atoms with Crippen LogP contribution in [0.15, 0.2) is 24.3 Å². The molecular formula is C13H15FO2. The molecule has 0 aliphatic heterocycles. The quantitative estimate of drug-likeness (QED) is 0.716. The normalized spacial score (nSPS) is 17.1. The lowest BCUT2D eigenvalue weighted by Gasteiger charge is -2.15. The van der Waals surface area contributed by atoms with Crippen molar-refractivity contribution in [3.8, 4) is 0 Å². The van der Waals surface area contributed by atoms with E-state index in [-0.39, 0.29) is 17.3 Å². The van der Waals surface area contributed by atoms with E-state index in [1.807, 2.05) is 6.92 Å². The zero-order valence-corrected chi connectivity index (χ0v) is 9.28.